The molecule has 1 aliphatic heterocycles. The fraction of sp³-hybridized carbons (Fsp3) is 0.480. The van der Waals surface area contributed by atoms with Crippen molar-refractivity contribution in [1.82, 2.24) is 4.90 Å². The number of hydrogen-bond acceptors (Lipinski definition) is 3. The van der Waals surface area contributed by atoms with E-state index in [0.29, 0.717) is 36.1 Å². The highest BCUT2D eigenvalue weighted by Crippen LogP contribution is 2.59. The van der Waals surface area contributed by atoms with Gasteiger partial charge < -0.3 is 14.4 Å². The Kier molecular flexibility index (Phi) is 5.10. The second-order valence-corrected chi connectivity index (χ2v) is 9.37. The maximum absolute atomic E-state index is 13.3. The molecule has 1 amide bonds. The number of benzene rings is 2. The van der Waals surface area contributed by atoms with Gasteiger partial charge in [0.2, 0.25) is 5.92 Å². The summed E-state index contributed by atoms with van der Waals surface area (Å²) in [6.45, 7) is 1.52. The van der Waals surface area contributed by atoms with Gasteiger partial charge in [-0.25, -0.2) is 13.2 Å². The molecule has 1 saturated heterocycles. The second kappa shape index (κ2) is 7.71. The van der Waals surface area contributed by atoms with E-state index in [1.54, 1.807) is 18.2 Å². The van der Waals surface area contributed by atoms with Crippen molar-refractivity contribution in [3.8, 4) is 11.5 Å². The molecule has 0 spiro atoms. The third kappa shape index (κ3) is 3.82. The molecule has 3 aliphatic rings. The van der Waals surface area contributed by atoms with Crippen LogP contribution in [0.1, 0.15) is 41.6 Å². The van der Waals surface area contributed by atoms with Crippen LogP contribution in [-0.4, -0.2) is 43.5 Å². The van der Waals surface area contributed by atoms with Gasteiger partial charge in [-0.3, -0.25) is 4.79 Å². The van der Waals surface area contributed by atoms with E-state index in [2.05, 4.69) is 0 Å². The molecule has 2 atom stereocenters. The molecule has 0 unspecified atom stereocenters. The van der Waals surface area contributed by atoms with Crippen LogP contribution in [0.3, 0.4) is 0 Å². The molecule has 0 bridgehead atoms. The minimum absolute atomic E-state index is 0.0620. The molecule has 4 nitrogen and oxygen atoms in total. The van der Waals surface area contributed by atoms with E-state index in [1.807, 2.05) is 17.0 Å². The number of rotatable bonds is 6. The molecule has 2 saturated carbocycles. The molecule has 0 aromatic heterocycles. The number of carbonyl (C=O) groups is 1. The number of carbonyl (C=O) groups excluding carboxylic acids is 1. The van der Waals surface area contributed by atoms with Crippen LogP contribution in [0.25, 0.3) is 0 Å². The van der Waals surface area contributed by atoms with Gasteiger partial charge in [0.1, 0.15) is 5.82 Å². The predicted octanol–water partition coefficient (Wildman–Crippen LogP) is 5.06. The van der Waals surface area contributed by atoms with Crippen molar-refractivity contribution in [3.63, 3.8) is 0 Å². The largest absolute Gasteiger partial charge is 0.493 e. The maximum atomic E-state index is 13.3. The zero-order valence-corrected chi connectivity index (χ0v) is 18.0. The first-order valence-corrected chi connectivity index (χ1v) is 11.0. The zero-order valence-electron chi connectivity index (χ0n) is 18.0. The van der Waals surface area contributed by atoms with E-state index in [-0.39, 0.29) is 42.5 Å². The Hall–Kier alpha value is -2.70. The molecular formula is C25H26F3NO3. The van der Waals surface area contributed by atoms with Crippen molar-refractivity contribution in [3.05, 3.63) is 59.4 Å². The Morgan fingerprint density at radius 3 is 2.50 bits per heavy atom. The Labute approximate surface area is 185 Å². The summed E-state index contributed by atoms with van der Waals surface area (Å²) in [6.07, 6.45) is 1.57. The number of likely N-dealkylation sites (tertiary alicyclic amines) is 1. The number of amides is 1. The van der Waals surface area contributed by atoms with Crippen LogP contribution in [0.2, 0.25) is 0 Å². The van der Waals surface area contributed by atoms with Gasteiger partial charge in [-0.15, -0.1) is 0 Å². The topological polar surface area (TPSA) is 38.8 Å². The fourth-order valence-electron chi connectivity index (χ4n) is 5.30. The number of nitrogens with zero attached hydrogens (tertiary/aromatic N) is 1. The van der Waals surface area contributed by atoms with Gasteiger partial charge in [-0.1, -0.05) is 12.1 Å². The highest BCUT2D eigenvalue weighted by atomic mass is 19.3. The highest BCUT2D eigenvalue weighted by Gasteiger charge is 2.58. The summed E-state index contributed by atoms with van der Waals surface area (Å²) in [7, 11) is 1.50. The summed E-state index contributed by atoms with van der Waals surface area (Å²) in [6, 6.07) is 11.8. The molecule has 7 heteroatoms. The minimum atomic E-state index is -2.57. The normalized spacial score (nSPS) is 26.1. The molecule has 5 rings (SSSR count). The molecule has 3 fully saturated rings. The van der Waals surface area contributed by atoms with Crippen LogP contribution < -0.4 is 9.47 Å². The minimum Gasteiger partial charge on any atom is -0.493 e. The Morgan fingerprint density at radius 1 is 1.09 bits per heavy atom. The van der Waals surface area contributed by atoms with Crippen LogP contribution >= 0.6 is 0 Å². The quantitative estimate of drug-likeness (QED) is 0.624. The van der Waals surface area contributed by atoms with Gasteiger partial charge in [0.05, 0.1) is 13.7 Å². The smallest absolute Gasteiger partial charge is 0.254 e. The van der Waals surface area contributed by atoms with Crippen molar-refractivity contribution in [2.45, 2.75) is 37.0 Å². The molecule has 2 aromatic rings. The maximum Gasteiger partial charge on any atom is 0.254 e. The number of piperidine rings is 1. The molecule has 0 radical (unpaired) electrons. The van der Waals surface area contributed by atoms with Crippen LogP contribution in [0.15, 0.2) is 42.5 Å². The van der Waals surface area contributed by atoms with Gasteiger partial charge >= 0.3 is 0 Å². The lowest BCUT2D eigenvalue weighted by molar-refractivity contribution is -0.119. The van der Waals surface area contributed by atoms with Crippen molar-refractivity contribution >= 4 is 5.91 Å². The third-order valence-electron chi connectivity index (χ3n) is 7.27. The number of halogens is 3. The van der Waals surface area contributed by atoms with Crippen LogP contribution in [-0.2, 0) is 5.41 Å². The molecule has 1 heterocycles. The number of fused-ring (bicyclic) bond motifs is 1. The van der Waals surface area contributed by atoms with Crippen molar-refractivity contribution < 1.29 is 27.4 Å². The Bertz CT molecular complexity index is 1020. The fourth-order valence-corrected chi connectivity index (χ4v) is 5.30. The van der Waals surface area contributed by atoms with E-state index in [4.69, 9.17) is 9.47 Å². The van der Waals surface area contributed by atoms with Crippen LogP contribution in [0, 0.1) is 17.7 Å². The van der Waals surface area contributed by atoms with Gasteiger partial charge in [0.15, 0.2) is 11.5 Å². The van der Waals surface area contributed by atoms with Gasteiger partial charge in [0.25, 0.3) is 5.91 Å². The summed E-state index contributed by atoms with van der Waals surface area (Å²) in [4.78, 5) is 15.0. The lowest BCUT2D eigenvalue weighted by Crippen LogP contribution is -2.40. The van der Waals surface area contributed by atoms with Crippen molar-refractivity contribution in [1.29, 1.82) is 0 Å². The number of hydrogen-bond donors (Lipinski definition) is 0. The predicted molar refractivity (Wildman–Crippen MR) is 113 cm³/mol. The molecular weight excluding hydrogens is 419 g/mol. The number of ether oxygens (including phenoxy) is 2. The lowest BCUT2D eigenvalue weighted by atomic mass is 9.82. The van der Waals surface area contributed by atoms with Crippen LogP contribution in [0.4, 0.5) is 13.2 Å². The Morgan fingerprint density at radius 2 is 1.84 bits per heavy atom. The summed E-state index contributed by atoms with van der Waals surface area (Å²) in [5.41, 5.74) is 1.74. The van der Waals surface area contributed by atoms with E-state index in [1.165, 1.54) is 19.2 Å². The summed E-state index contributed by atoms with van der Waals surface area (Å²) >= 11 is 0. The van der Waals surface area contributed by atoms with Crippen molar-refractivity contribution in [2.75, 3.05) is 26.8 Å². The molecule has 0 N–H and O–H groups in total. The summed E-state index contributed by atoms with van der Waals surface area (Å²) in [5, 5.41) is 0. The van der Waals surface area contributed by atoms with E-state index in [0.717, 1.165) is 18.4 Å². The van der Waals surface area contributed by atoms with E-state index in [9.17, 15) is 18.0 Å². The average Bonchev–Trinajstić information content (AvgIpc) is 3.51. The zero-order chi connectivity index (χ0) is 22.5. The molecule has 170 valence electrons. The third-order valence-corrected chi connectivity index (χ3v) is 7.27. The first kappa shape index (κ1) is 21.2. The SMILES string of the molecule is COc1cc(C(=O)N2CC[C@@]3(c4ccc(F)cc4)C[C@H]3C2)ccc1OCC1CC(F)(F)C1. The first-order chi connectivity index (χ1) is 15.3. The summed E-state index contributed by atoms with van der Waals surface area (Å²) < 4.78 is 50.4. The molecule has 2 aromatic carbocycles. The number of alkyl halides is 2. The first-order valence-electron chi connectivity index (χ1n) is 11.0. The van der Waals surface area contributed by atoms with Crippen molar-refractivity contribution in [2.24, 2.45) is 11.8 Å². The standard InChI is InChI=1S/C25H26F3NO3/c1-31-22-10-17(2-7-21(22)32-15-16-11-25(27,28)12-16)23(30)29-9-8-24(13-19(24)14-29)18-3-5-20(26)6-4-18/h2-7,10,16,19H,8-9,11-15H2,1H3/t19-,24-/m0/s1. The van der Waals surface area contributed by atoms with Gasteiger partial charge in [0, 0.05) is 42.8 Å². The highest BCUT2D eigenvalue weighted by molar-refractivity contribution is 5.95. The molecule has 32 heavy (non-hydrogen) atoms. The second-order valence-electron chi connectivity index (χ2n) is 9.37. The van der Waals surface area contributed by atoms with E-state index >= 15 is 0 Å². The Balaban J connectivity index is 1.22. The van der Waals surface area contributed by atoms with Gasteiger partial charge in [-0.05, 0) is 54.7 Å². The lowest BCUT2D eigenvalue weighted by Gasteiger charge is -2.34. The van der Waals surface area contributed by atoms with Gasteiger partial charge in [-0.2, -0.15) is 0 Å². The molecule has 2 aliphatic carbocycles. The van der Waals surface area contributed by atoms with Crippen LogP contribution in [0.5, 0.6) is 11.5 Å². The summed E-state index contributed by atoms with van der Waals surface area (Å²) in [5.74, 6) is -1.77. The average molecular weight is 445 g/mol. The monoisotopic (exact) mass is 445 g/mol. The van der Waals surface area contributed by atoms with E-state index < -0.39 is 5.92 Å². The number of methoxy groups -OCH3 is 1.